The Morgan fingerprint density at radius 1 is 1.60 bits per heavy atom. The molecule has 86 valence electrons. The molecule has 0 bridgehead atoms. The van der Waals surface area contributed by atoms with Crippen LogP contribution in [0.1, 0.15) is 33.6 Å². The Morgan fingerprint density at radius 3 is 2.67 bits per heavy atom. The number of hydrogen-bond donors (Lipinski definition) is 1. The highest BCUT2D eigenvalue weighted by Gasteiger charge is 2.34. The third-order valence-corrected chi connectivity index (χ3v) is 3.25. The average Bonchev–Trinajstić information content (AvgIpc) is 2.47. The van der Waals surface area contributed by atoms with E-state index >= 15 is 0 Å². The lowest BCUT2D eigenvalue weighted by Crippen LogP contribution is -2.45. The van der Waals surface area contributed by atoms with Gasteiger partial charge in [-0.25, -0.2) is 4.79 Å². The van der Waals surface area contributed by atoms with E-state index in [1.165, 1.54) is 0 Å². The molecule has 1 heterocycles. The van der Waals surface area contributed by atoms with Gasteiger partial charge < -0.3 is 14.7 Å². The lowest BCUT2D eigenvalue weighted by molar-refractivity contribution is 0.0144. The zero-order valence-electron chi connectivity index (χ0n) is 9.99. The summed E-state index contributed by atoms with van der Waals surface area (Å²) in [5.41, 5.74) is -0.458. The first kappa shape index (κ1) is 12.8. The van der Waals surface area contributed by atoms with Crippen molar-refractivity contribution in [2.45, 2.75) is 50.2 Å². The smallest absolute Gasteiger partial charge is 0.410 e. The Hall–Kier alpha value is -0.238. The molecule has 2 atom stereocenters. The molecule has 4 nitrogen and oxygen atoms in total. The number of likely N-dealkylation sites (tertiary alicyclic amines) is 1. The van der Waals surface area contributed by atoms with Crippen LogP contribution < -0.4 is 0 Å². The molecule has 1 N–H and O–H groups in total. The summed E-state index contributed by atoms with van der Waals surface area (Å²) in [5, 5.41) is 9.58. The van der Waals surface area contributed by atoms with E-state index < -0.39 is 5.60 Å². The van der Waals surface area contributed by atoms with Gasteiger partial charge in [0, 0.05) is 17.6 Å². The Morgan fingerprint density at radius 2 is 2.20 bits per heavy atom. The molecule has 1 rings (SSSR count). The van der Waals surface area contributed by atoms with E-state index in [1.807, 2.05) is 20.8 Å². The number of aliphatic hydroxyl groups excluding tert-OH is 1. The minimum absolute atomic E-state index is 0.0217. The summed E-state index contributed by atoms with van der Waals surface area (Å²) in [6.07, 6.45) is 1.56. The second-order valence-corrected chi connectivity index (χ2v) is 6.31. The number of aliphatic hydroxyl groups is 1. The van der Waals surface area contributed by atoms with Gasteiger partial charge in [0.1, 0.15) is 5.60 Å². The van der Waals surface area contributed by atoms with Gasteiger partial charge in [-0.2, -0.15) is 0 Å². The van der Waals surface area contributed by atoms with Crippen molar-refractivity contribution >= 4 is 22.4 Å². The molecule has 0 saturated carbocycles. The summed E-state index contributed by atoms with van der Waals surface area (Å²) in [7, 11) is 0. The molecule has 0 radical (unpaired) electrons. The van der Waals surface area contributed by atoms with Gasteiger partial charge in [-0.3, -0.25) is 0 Å². The van der Waals surface area contributed by atoms with E-state index in [0.717, 1.165) is 12.8 Å². The van der Waals surface area contributed by atoms with Crippen molar-refractivity contribution in [2.24, 2.45) is 0 Å². The third-order valence-electron chi connectivity index (χ3n) is 2.48. The third kappa shape index (κ3) is 3.67. The minimum Gasteiger partial charge on any atom is -0.444 e. The van der Waals surface area contributed by atoms with Crippen LogP contribution in [0, 0.1) is 0 Å². The maximum Gasteiger partial charge on any atom is 0.410 e. The fraction of sp³-hybridized carbons (Fsp3) is 0.900. The van der Waals surface area contributed by atoms with Gasteiger partial charge in [-0.1, -0.05) is 0 Å². The number of rotatable bonds is 1. The summed E-state index contributed by atoms with van der Waals surface area (Å²) < 4.78 is 5.29. The monoisotopic (exact) mass is 229 g/mol. The zero-order valence-corrected chi connectivity index (χ0v) is 12.0. The second-order valence-electron chi connectivity index (χ2n) is 5.12. The summed E-state index contributed by atoms with van der Waals surface area (Å²) in [5.74, 6) is 0. The van der Waals surface area contributed by atoms with Crippen LogP contribution in [0.5, 0.6) is 0 Å². The second kappa shape index (κ2) is 4.73. The Balaban J connectivity index is 2.59. The van der Waals surface area contributed by atoms with Gasteiger partial charge >= 0.3 is 6.09 Å². The minimum atomic E-state index is -0.458. The van der Waals surface area contributed by atoms with E-state index in [9.17, 15) is 9.90 Å². The van der Waals surface area contributed by atoms with E-state index in [0.29, 0.717) is 22.8 Å². The van der Waals surface area contributed by atoms with Gasteiger partial charge in [0.2, 0.25) is 0 Å². The van der Waals surface area contributed by atoms with Crippen LogP contribution in [0.25, 0.3) is 0 Å². The van der Waals surface area contributed by atoms with Crippen molar-refractivity contribution in [1.82, 2.24) is 4.90 Å². The Labute approximate surface area is 99.0 Å². The molecule has 1 aliphatic rings. The average molecular weight is 229 g/mol. The first-order valence-electron chi connectivity index (χ1n) is 5.49. The van der Waals surface area contributed by atoms with Crippen LogP contribution in [-0.2, 0) is 4.74 Å². The predicted molar refractivity (Wildman–Crippen MR) is 60.5 cm³/mol. The van der Waals surface area contributed by atoms with E-state index in [2.05, 4.69) is 0 Å². The largest absolute Gasteiger partial charge is 0.444 e. The molecule has 15 heavy (non-hydrogen) atoms. The fourth-order valence-electron chi connectivity index (χ4n) is 1.84. The topological polar surface area (TPSA) is 49.8 Å². The number of carbonyl (C=O) groups excluding carboxylic acids is 1. The molecule has 0 aromatic carbocycles. The maximum absolute atomic E-state index is 11.8. The van der Waals surface area contributed by atoms with Crippen molar-refractivity contribution < 1.29 is 14.6 Å². The number of carbonyl (C=O) groups is 1. The molecule has 1 saturated heterocycles. The number of hydrogen-bond acceptors (Lipinski definition) is 3. The SMILES string of the molecule is CC(C)(C)OC(=O)N1CCCC1[CH](O)[AlH2]. The van der Waals surface area contributed by atoms with Crippen LogP contribution in [0.4, 0.5) is 4.79 Å². The van der Waals surface area contributed by atoms with Gasteiger partial charge in [0.05, 0.1) is 0 Å². The standard InChI is InChI=1S/C10H18NO3.Al.2H/c1-10(2,3)14-9(13)11-6-4-5-8(11)7-12;;;/h7-8,12H,4-6H2,1-3H3;;;. The van der Waals surface area contributed by atoms with Crippen LogP contribution >= 0.6 is 0 Å². The van der Waals surface area contributed by atoms with Crippen LogP contribution in [-0.4, -0.2) is 55.5 Å². The van der Waals surface area contributed by atoms with Gasteiger partial charge in [0.25, 0.3) is 16.3 Å². The molecular weight excluding hydrogens is 209 g/mol. The maximum atomic E-state index is 11.8. The number of amides is 1. The number of nitrogens with zero attached hydrogens (tertiary/aromatic N) is 1. The van der Waals surface area contributed by atoms with Crippen molar-refractivity contribution in [1.29, 1.82) is 0 Å². The molecular formula is C10H20AlNO3. The van der Waals surface area contributed by atoms with Gasteiger partial charge in [-0.05, 0) is 33.6 Å². The number of ether oxygens (including phenoxy) is 1. The highest BCUT2D eigenvalue weighted by Crippen LogP contribution is 2.22. The highest BCUT2D eigenvalue weighted by molar-refractivity contribution is 6.11. The van der Waals surface area contributed by atoms with E-state index in [-0.39, 0.29) is 17.1 Å². The van der Waals surface area contributed by atoms with Crippen molar-refractivity contribution in [3.8, 4) is 0 Å². The molecule has 1 aliphatic heterocycles. The Kier molecular flexibility index (Phi) is 4.05. The summed E-state index contributed by atoms with van der Waals surface area (Å²) in [6, 6.07) is -0.0217. The molecule has 1 amide bonds. The molecule has 0 aliphatic carbocycles. The van der Waals surface area contributed by atoms with Crippen LogP contribution in [0.2, 0.25) is 0 Å². The van der Waals surface area contributed by atoms with Crippen LogP contribution in [0.15, 0.2) is 0 Å². The van der Waals surface area contributed by atoms with Gasteiger partial charge in [0.15, 0.2) is 0 Å². The van der Waals surface area contributed by atoms with Crippen LogP contribution in [0.3, 0.4) is 0 Å². The Bertz CT molecular complexity index is 237. The van der Waals surface area contributed by atoms with E-state index in [1.54, 1.807) is 4.90 Å². The molecule has 0 spiro atoms. The fourth-order valence-corrected chi connectivity index (χ4v) is 2.53. The molecule has 1 fully saturated rings. The molecule has 0 aromatic rings. The first-order valence-corrected chi connectivity index (χ1v) is 6.64. The summed E-state index contributed by atoms with van der Waals surface area (Å²) in [4.78, 5) is 13.1. The lowest BCUT2D eigenvalue weighted by Gasteiger charge is -2.30. The molecule has 5 heteroatoms. The molecule has 2 unspecified atom stereocenters. The lowest BCUT2D eigenvalue weighted by atomic mass is 10.2. The zero-order chi connectivity index (χ0) is 11.6. The summed E-state index contributed by atoms with van der Waals surface area (Å²) >= 11 is 0.693. The molecule has 0 aromatic heterocycles. The van der Waals surface area contributed by atoms with Crippen molar-refractivity contribution in [2.75, 3.05) is 6.54 Å². The first-order chi connectivity index (χ1) is 6.81. The predicted octanol–water partition coefficient (Wildman–Crippen LogP) is 0.337. The summed E-state index contributed by atoms with van der Waals surface area (Å²) in [6.45, 7) is 6.27. The van der Waals surface area contributed by atoms with Crippen molar-refractivity contribution in [3.63, 3.8) is 0 Å². The van der Waals surface area contributed by atoms with E-state index in [4.69, 9.17) is 4.74 Å². The van der Waals surface area contributed by atoms with Crippen molar-refractivity contribution in [3.05, 3.63) is 0 Å². The highest BCUT2D eigenvalue weighted by atomic mass is 27.0. The van der Waals surface area contributed by atoms with Gasteiger partial charge in [-0.15, -0.1) is 0 Å². The normalized spacial score (nSPS) is 24.0. The quantitative estimate of drug-likeness (QED) is 0.659.